The van der Waals surface area contributed by atoms with Gasteiger partial charge in [-0.05, 0) is 17.5 Å². The van der Waals surface area contributed by atoms with Crippen LogP contribution in [0.3, 0.4) is 0 Å². The molecular weight excluding hydrogens is 191 g/mol. The maximum Gasteiger partial charge on any atom is 0.140 e. The van der Waals surface area contributed by atoms with Gasteiger partial charge in [-0.15, -0.1) is 0 Å². The van der Waals surface area contributed by atoms with Gasteiger partial charge in [-0.2, -0.15) is 0 Å². The van der Waals surface area contributed by atoms with E-state index >= 15 is 0 Å². The molecule has 72 valence electrons. The smallest absolute Gasteiger partial charge is 0.140 e. The first-order valence-corrected chi connectivity index (χ1v) is 4.47. The lowest BCUT2D eigenvalue weighted by Gasteiger charge is -2.11. The lowest BCUT2D eigenvalue weighted by atomic mass is 10.0. The maximum atomic E-state index is 13.0. The third-order valence-corrected chi connectivity index (χ3v) is 2.28. The predicted octanol–water partition coefficient (Wildman–Crippen LogP) is 3.61. The van der Waals surface area contributed by atoms with Crippen LogP contribution in [0.1, 0.15) is 25.3 Å². The Bertz CT molecular complexity index is 310. The average molecular weight is 203 g/mol. The highest BCUT2D eigenvalue weighted by molar-refractivity contribution is 6.32. The second kappa shape index (κ2) is 3.97. The SMILES string of the molecule is COc1cc(F)cc(C(C)C)c1Cl. The zero-order valence-electron chi connectivity index (χ0n) is 7.90. The highest BCUT2D eigenvalue weighted by Gasteiger charge is 2.11. The molecule has 0 aliphatic carbocycles. The van der Waals surface area contributed by atoms with Crippen LogP contribution in [0.4, 0.5) is 4.39 Å². The van der Waals surface area contributed by atoms with Crippen molar-refractivity contribution in [3.8, 4) is 5.75 Å². The number of rotatable bonds is 2. The fourth-order valence-electron chi connectivity index (χ4n) is 1.15. The largest absolute Gasteiger partial charge is 0.495 e. The molecule has 0 N–H and O–H groups in total. The zero-order chi connectivity index (χ0) is 10.0. The zero-order valence-corrected chi connectivity index (χ0v) is 8.65. The van der Waals surface area contributed by atoms with Crippen LogP contribution < -0.4 is 4.74 Å². The van der Waals surface area contributed by atoms with Crippen LogP contribution in [0.15, 0.2) is 12.1 Å². The highest BCUT2D eigenvalue weighted by Crippen LogP contribution is 2.33. The Morgan fingerprint density at radius 3 is 2.46 bits per heavy atom. The number of ether oxygens (including phenoxy) is 1. The van der Waals surface area contributed by atoms with Crippen LogP contribution in [0.2, 0.25) is 5.02 Å². The Kier molecular flexibility index (Phi) is 3.15. The Labute approximate surface area is 82.5 Å². The third kappa shape index (κ3) is 2.13. The molecule has 0 radical (unpaired) electrons. The number of hydrogen-bond acceptors (Lipinski definition) is 1. The summed E-state index contributed by atoms with van der Waals surface area (Å²) < 4.78 is 18.0. The Morgan fingerprint density at radius 2 is 2.00 bits per heavy atom. The number of halogens is 2. The molecule has 0 saturated heterocycles. The number of hydrogen-bond donors (Lipinski definition) is 0. The molecule has 0 unspecified atom stereocenters. The van der Waals surface area contributed by atoms with E-state index in [4.69, 9.17) is 16.3 Å². The molecule has 1 nitrogen and oxygen atoms in total. The highest BCUT2D eigenvalue weighted by atomic mass is 35.5. The van der Waals surface area contributed by atoms with Crippen LogP contribution >= 0.6 is 11.6 Å². The lowest BCUT2D eigenvalue weighted by molar-refractivity contribution is 0.410. The van der Waals surface area contributed by atoms with Crippen LogP contribution in [0, 0.1) is 5.82 Å². The number of benzene rings is 1. The van der Waals surface area contributed by atoms with E-state index in [0.29, 0.717) is 10.8 Å². The van der Waals surface area contributed by atoms with Crippen molar-refractivity contribution in [2.45, 2.75) is 19.8 Å². The molecule has 0 amide bonds. The molecule has 1 rings (SSSR count). The summed E-state index contributed by atoms with van der Waals surface area (Å²) in [6, 6.07) is 2.73. The van der Waals surface area contributed by atoms with Gasteiger partial charge in [0.2, 0.25) is 0 Å². The van der Waals surface area contributed by atoms with Crippen molar-refractivity contribution >= 4 is 11.6 Å². The molecule has 0 bridgehead atoms. The van der Waals surface area contributed by atoms with Crippen molar-refractivity contribution in [3.05, 3.63) is 28.5 Å². The van der Waals surface area contributed by atoms with Gasteiger partial charge in [-0.25, -0.2) is 4.39 Å². The Hall–Kier alpha value is -0.760. The number of methoxy groups -OCH3 is 1. The molecule has 0 heterocycles. The minimum atomic E-state index is -0.315. The normalized spacial score (nSPS) is 10.6. The minimum Gasteiger partial charge on any atom is -0.495 e. The average Bonchev–Trinajstić information content (AvgIpc) is 2.08. The molecule has 1 aromatic rings. The van der Waals surface area contributed by atoms with E-state index in [1.165, 1.54) is 19.2 Å². The van der Waals surface area contributed by atoms with Gasteiger partial charge in [-0.3, -0.25) is 0 Å². The van der Waals surface area contributed by atoms with Crippen molar-refractivity contribution < 1.29 is 9.13 Å². The van der Waals surface area contributed by atoms with Crippen molar-refractivity contribution in [1.82, 2.24) is 0 Å². The summed E-state index contributed by atoms with van der Waals surface area (Å²) in [5.41, 5.74) is 0.776. The molecule has 0 aliphatic rings. The molecule has 0 spiro atoms. The maximum absolute atomic E-state index is 13.0. The van der Waals surface area contributed by atoms with E-state index in [2.05, 4.69) is 0 Å². The van der Waals surface area contributed by atoms with E-state index in [-0.39, 0.29) is 11.7 Å². The molecule has 3 heteroatoms. The van der Waals surface area contributed by atoms with Crippen LogP contribution in [-0.4, -0.2) is 7.11 Å². The van der Waals surface area contributed by atoms with Crippen molar-refractivity contribution in [3.63, 3.8) is 0 Å². The first-order valence-electron chi connectivity index (χ1n) is 4.09. The van der Waals surface area contributed by atoms with Crippen LogP contribution in [-0.2, 0) is 0 Å². The summed E-state index contributed by atoms with van der Waals surface area (Å²) >= 11 is 5.98. The van der Waals surface area contributed by atoms with E-state index < -0.39 is 0 Å². The minimum absolute atomic E-state index is 0.192. The van der Waals surface area contributed by atoms with Crippen molar-refractivity contribution in [1.29, 1.82) is 0 Å². The van der Waals surface area contributed by atoms with Gasteiger partial charge in [0.25, 0.3) is 0 Å². The van der Waals surface area contributed by atoms with Gasteiger partial charge in [0.1, 0.15) is 11.6 Å². The Balaban J connectivity index is 3.27. The third-order valence-electron chi connectivity index (χ3n) is 1.87. The summed E-state index contributed by atoms with van der Waals surface area (Å²) in [7, 11) is 1.48. The quantitative estimate of drug-likeness (QED) is 0.712. The van der Waals surface area contributed by atoms with E-state index in [9.17, 15) is 4.39 Å². The first-order chi connectivity index (χ1) is 6.06. The van der Waals surface area contributed by atoms with E-state index in [1.807, 2.05) is 13.8 Å². The fraction of sp³-hybridized carbons (Fsp3) is 0.400. The molecule has 1 aromatic carbocycles. The summed E-state index contributed by atoms with van der Waals surface area (Å²) in [5, 5.41) is 0.499. The lowest BCUT2D eigenvalue weighted by Crippen LogP contribution is -1.94. The standard InChI is InChI=1S/C10H12ClFO/c1-6(2)8-4-7(12)5-9(13-3)10(8)11/h4-6H,1-3H3. The van der Waals surface area contributed by atoms with Gasteiger partial charge >= 0.3 is 0 Å². The van der Waals surface area contributed by atoms with Crippen LogP contribution in [0.5, 0.6) is 5.75 Å². The molecule has 0 aromatic heterocycles. The van der Waals surface area contributed by atoms with Crippen molar-refractivity contribution in [2.24, 2.45) is 0 Å². The van der Waals surface area contributed by atoms with Crippen molar-refractivity contribution in [2.75, 3.05) is 7.11 Å². The molecule has 0 atom stereocenters. The Morgan fingerprint density at radius 1 is 1.38 bits per heavy atom. The summed E-state index contributed by atoms with van der Waals surface area (Å²) in [5.74, 6) is 0.271. The summed E-state index contributed by atoms with van der Waals surface area (Å²) in [6.07, 6.45) is 0. The molecule has 0 fully saturated rings. The predicted molar refractivity (Wildman–Crippen MR) is 52.1 cm³/mol. The second-order valence-electron chi connectivity index (χ2n) is 3.17. The van der Waals surface area contributed by atoms with Gasteiger partial charge in [0.05, 0.1) is 12.1 Å². The summed E-state index contributed by atoms with van der Waals surface area (Å²) in [4.78, 5) is 0. The van der Waals surface area contributed by atoms with E-state index in [0.717, 1.165) is 5.56 Å². The molecule has 0 saturated carbocycles. The van der Waals surface area contributed by atoms with Gasteiger partial charge in [0, 0.05) is 6.07 Å². The summed E-state index contributed by atoms with van der Waals surface area (Å²) in [6.45, 7) is 3.92. The molecule has 0 aliphatic heterocycles. The fourth-order valence-corrected chi connectivity index (χ4v) is 1.56. The molecular formula is C10H12ClFO. The topological polar surface area (TPSA) is 9.23 Å². The first kappa shape index (κ1) is 10.3. The monoisotopic (exact) mass is 202 g/mol. The van der Waals surface area contributed by atoms with Crippen LogP contribution in [0.25, 0.3) is 0 Å². The second-order valence-corrected chi connectivity index (χ2v) is 3.54. The van der Waals surface area contributed by atoms with Gasteiger partial charge in [0.15, 0.2) is 0 Å². The van der Waals surface area contributed by atoms with Gasteiger partial charge in [-0.1, -0.05) is 25.4 Å². The van der Waals surface area contributed by atoms with Gasteiger partial charge < -0.3 is 4.74 Å². The molecule has 13 heavy (non-hydrogen) atoms. The van der Waals surface area contributed by atoms with E-state index in [1.54, 1.807) is 0 Å².